The molecule has 0 amide bonds. The molecule has 0 saturated heterocycles. The second-order valence-electron chi connectivity index (χ2n) is 20.6. The molecular weight excluding hydrogens is 577 g/mol. The Labute approximate surface area is 293 Å². The van der Waals surface area contributed by atoms with Crippen LogP contribution in [0, 0.1) is 46.3 Å². The van der Waals surface area contributed by atoms with E-state index >= 15 is 0 Å². The van der Waals surface area contributed by atoms with Gasteiger partial charge in [-0.15, -0.1) is 0 Å². The van der Waals surface area contributed by atoms with Crippen LogP contribution in [0.4, 0.5) is 0 Å². The van der Waals surface area contributed by atoms with Crippen LogP contribution in [0.5, 0.6) is 0 Å². The summed E-state index contributed by atoms with van der Waals surface area (Å²) in [4.78, 5) is 0. The van der Waals surface area contributed by atoms with Crippen LogP contribution in [-0.4, -0.2) is 0 Å². The molecule has 0 heteroatoms. The smallest absolute Gasteiger partial charge is 0.0201 e. The van der Waals surface area contributed by atoms with Crippen molar-refractivity contribution in [3.05, 3.63) is 93.6 Å². The molecular formula is C48H62. The normalized spacial score (nSPS) is 35.4. The quantitative estimate of drug-likeness (QED) is 0.292. The Hall–Kier alpha value is -2.34. The molecule has 10 rings (SSSR count). The van der Waals surface area contributed by atoms with Crippen LogP contribution in [0.15, 0.2) is 71.3 Å². The summed E-state index contributed by atoms with van der Waals surface area (Å²) in [5, 5.41) is 0. The summed E-state index contributed by atoms with van der Waals surface area (Å²) < 4.78 is 0. The van der Waals surface area contributed by atoms with E-state index in [1.807, 2.05) is 16.7 Å². The van der Waals surface area contributed by atoms with Crippen molar-refractivity contribution in [1.29, 1.82) is 0 Å². The standard InChI is InChI=1S/C48H62/c1-29(2)48(44-40-21-34(45(3,4)5)14-16-37(40)38-17-15-35(22-41(38)44)46(6,7)8)28-42(33-12-10-9-11-13-33)39-23-36(24-43(39)48)47-25-30-18-31(26-47)20-32(19-30)27-47/h9-10,14-17,21-22,24,29-33,42,44H,11-13,18-20,23,25-28H2,1-8H3. The number of allylic oxidation sites excluding steroid dienone is 6. The Morgan fingerprint density at radius 2 is 1.27 bits per heavy atom. The van der Waals surface area contributed by atoms with E-state index in [2.05, 4.69) is 110 Å². The molecule has 4 bridgehead atoms. The van der Waals surface area contributed by atoms with Crippen molar-refractivity contribution in [1.82, 2.24) is 0 Å². The Morgan fingerprint density at radius 3 is 1.75 bits per heavy atom. The Morgan fingerprint density at radius 1 is 0.708 bits per heavy atom. The molecule has 0 aromatic heterocycles. The molecule has 4 fully saturated rings. The van der Waals surface area contributed by atoms with E-state index < -0.39 is 0 Å². The lowest BCUT2D eigenvalue weighted by atomic mass is 9.47. The molecule has 48 heavy (non-hydrogen) atoms. The number of fused-ring (bicyclic) bond motifs is 3. The topological polar surface area (TPSA) is 0 Å². The zero-order valence-corrected chi connectivity index (χ0v) is 31.5. The largest absolute Gasteiger partial charge is 0.0885 e. The minimum Gasteiger partial charge on any atom is -0.0885 e. The summed E-state index contributed by atoms with van der Waals surface area (Å²) in [5.41, 5.74) is 15.8. The molecule has 0 spiro atoms. The van der Waals surface area contributed by atoms with Gasteiger partial charge < -0.3 is 0 Å². The molecule has 0 N–H and O–H groups in total. The molecule has 0 nitrogen and oxygen atoms in total. The third-order valence-electron chi connectivity index (χ3n) is 15.4. The zero-order chi connectivity index (χ0) is 33.4. The maximum absolute atomic E-state index is 2.94. The van der Waals surface area contributed by atoms with Crippen LogP contribution in [0.25, 0.3) is 11.1 Å². The molecule has 2 aromatic rings. The van der Waals surface area contributed by atoms with Crippen molar-refractivity contribution in [2.45, 2.75) is 143 Å². The van der Waals surface area contributed by atoms with Gasteiger partial charge in [0.2, 0.25) is 0 Å². The third-order valence-corrected chi connectivity index (χ3v) is 15.4. The molecule has 254 valence electrons. The first-order chi connectivity index (χ1) is 22.8. The van der Waals surface area contributed by atoms with Gasteiger partial charge in [0, 0.05) is 11.3 Å². The molecule has 0 heterocycles. The average molecular weight is 639 g/mol. The lowest BCUT2D eigenvalue weighted by Gasteiger charge is -2.58. The lowest BCUT2D eigenvalue weighted by Crippen LogP contribution is -2.47. The van der Waals surface area contributed by atoms with Crippen LogP contribution in [0.1, 0.15) is 154 Å². The lowest BCUT2D eigenvalue weighted by molar-refractivity contribution is -0.0316. The first-order valence-electron chi connectivity index (χ1n) is 20.2. The van der Waals surface area contributed by atoms with Crippen LogP contribution >= 0.6 is 0 Å². The molecule has 2 aromatic carbocycles. The van der Waals surface area contributed by atoms with Crippen molar-refractivity contribution in [3.63, 3.8) is 0 Å². The first kappa shape index (κ1) is 31.6. The van der Waals surface area contributed by atoms with Crippen LogP contribution < -0.4 is 0 Å². The van der Waals surface area contributed by atoms with Crippen LogP contribution in [0.2, 0.25) is 0 Å². The minimum atomic E-state index is 0.123. The third kappa shape index (κ3) is 4.58. The Bertz CT molecular complexity index is 1640. The van der Waals surface area contributed by atoms with Crippen molar-refractivity contribution in [3.8, 4) is 11.1 Å². The molecule has 8 aliphatic rings. The van der Waals surface area contributed by atoms with Gasteiger partial charge in [-0.1, -0.05) is 121 Å². The van der Waals surface area contributed by atoms with Gasteiger partial charge in [-0.3, -0.25) is 0 Å². The van der Waals surface area contributed by atoms with E-state index in [1.54, 1.807) is 11.1 Å². The summed E-state index contributed by atoms with van der Waals surface area (Å²) in [5.74, 6) is 5.50. The van der Waals surface area contributed by atoms with Crippen LogP contribution in [0.3, 0.4) is 0 Å². The highest BCUT2D eigenvalue weighted by Crippen LogP contribution is 2.71. The van der Waals surface area contributed by atoms with Gasteiger partial charge >= 0.3 is 0 Å². The number of rotatable bonds is 4. The van der Waals surface area contributed by atoms with Gasteiger partial charge in [-0.05, 0) is 161 Å². The molecule has 3 atom stereocenters. The van der Waals surface area contributed by atoms with E-state index in [0.29, 0.717) is 17.3 Å². The Balaban J connectivity index is 1.25. The van der Waals surface area contributed by atoms with Gasteiger partial charge in [-0.2, -0.15) is 0 Å². The van der Waals surface area contributed by atoms with Crippen molar-refractivity contribution < 1.29 is 0 Å². The second kappa shape index (κ2) is 10.6. The van der Waals surface area contributed by atoms with E-state index in [0.717, 1.165) is 29.6 Å². The molecule has 3 unspecified atom stereocenters. The predicted molar refractivity (Wildman–Crippen MR) is 203 cm³/mol. The number of hydrogen-bond acceptors (Lipinski definition) is 0. The highest BCUT2D eigenvalue weighted by atomic mass is 14.6. The fraction of sp³-hybridized carbons (Fsp3) is 0.625. The summed E-state index contributed by atoms with van der Waals surface area (Å²) in [6.07, 6.45) is 23.6. The summed E-state index contributed by atoms with van der Waals surface area (Å²) in [7, 11) is 0. The van der Waals surface area contributed by atoms with Crippen molar-refractivity contribution in [2.24, 2.45) is 46.3 Å². The molecule has 0 aliphatic heterocycles. The first-order valence-corrected chi connectivity index (χ1v) is 20.2. The average Bonchev–Trinajstić information content (AvgIpc) is 3.70. The number of benzene rings is 2. The van der Waals surface area contributed by atoms with E-state index in [-0.39, 0.29) is 16.2 Å². The van der Waals surface area contributed by atoms with Gasteiger partial charge in [0.25, 0.3) is 0 Å². The van der Waals surface area contributed by atoms with Crippen LogP contribution in [-0.2, 0) is 10.8 Å². The fourth-order valence-corrected chi connectivity index (χ4v) is 13.4. The highest BCUT2D eigenvalue weighted by molar-refractivity contribution is 5.81. The fourth-order valence-electron chi connectivity index (χ4n) is 13.4. The molecule has 0 radical (unpaired) electrons. The molecule has 8 aliphatic carbocycles. The highest BCUT2D eigenvalue weighted by Gasteiger charge is 2.59. The maximum atomic E-state index is 2.94. The monoisotopic (exact) mass is 638 g/mol. The minimum absolute atomic E-state index is 0.123. The summed E-state index contributed by atoms with van der Waals surface area (Å²) in [6, 6.07) is 15.3. The zero-order valence-electron chi connectivity index (χ0n) is 31.5. The van der Waals surface area contributed by atoms with E-state index in [9.17, 15) is 0 Å². The van der Waals surface area contributed by atoms with Crippen molar-refractivity contribution in [2.75, 3.05) is 0 Å². The Kier molecular flexibility index (Phi) is 6.98. The van der Waals surface area contributed by atoms with Crippen molar-refractivity contribution >= 4 is 0 Å². The van der Waals surface area contributed by atoms with Gasteiger partial charge in [0.15, 0.2) is 0 Å². The number of hydrogen-bond donors (Lipinski definition) is 0. The van der Waals surface area contributed by atoms with E-state index in [1.165, 1.54) is 92.9 Å². The summed E-state index contributed by atoms with van der Waals surface area (Å²) in [6.45, 7) is 19.7. The molecule has 4 saturated carbocycles. The van der Waals surface area contributed by atoms with Gasteiger partial charge in [-0.25, -0.2) is 0 Å². The SMILES string of the molecule is CC(C)C1(C2c3cc(C(C)(C)C)ccc3-c3ccc(C(C)(C)C)cc32)CC(C2CC=CCC2)C2=C1C=C(C13CC4CC(CC(C4)C1)C3)C2. The summed E-state index contributed by atoms with van der Waals surface area (Å²) >= 11 is 0. The van der Waals surface area contributed by atoms with Gasteiger partial charge in [0.05, 0.1) is 0 Å². The van der Waals surface area contributed by atoms with E-state index in [4.69, 9.17) is 0 Å². The predicted octanol–water partition coefficient (Wildman–Crippen LogP) is 13.3. The second-order valence-corrected chi connectivity index (χ2v) is 20.6. The maximum Gasteiger partial charge on any atom is 0.0201 e. The van der Waals surface area contributed by atoms with Gasteiger partial charge in [0.1, 0.15) is 0 Å².